The fraction of sp³-hybridized carbons (Fsp3) is 0.429. The molecule has 1 unspecified atom stereocenters. The van der Waals surface area contributed by atoms with Crippen molar-refractivity contribution in [3.63, 3.8) is 0 Å². The minimum atomic E-state index is -0.881. The molecule has 1 saturated heterocycles. The zero-order valence-electron chi connectivity index (χ0n) is 11.3. The molecule has 1 aromatic rings. The zero-order valence-corrected chi connectivity index (χ0v) is 13.7. The fourth-order valence-corrected chi connectivity index (χ4v) is 2.95. The summed E-state index contributed by atoms with van der Waals surface area (Å²) in [7, 11) is 0. The SMILES string of the molecule is O=C(O)CC1CCCCN1C(=O)Nc1ccc(Cl)c(Br)c1. The van der Waals surface area contributed by atoms with Gasteiger partial charge in [0.2, 0.25) is 0 Å². The average Bonchev–Trinajstić information content (AvgIpc) is 2.43. The van der Waals surface area contributed by atoms with E-state index in [0.29, 0.717) is 21.7 Å². The lowest BCUT2D eigenvalue weighted by Crippen LogP contribution is -2.46. The number of urea groups is 1. The molecule has 0 aromatic heterocycles. The van der Waals surface area contributed by atoms with E-state index in [9.17, 15) is 9.59 Å². The number of nitrogens with one attached hydrogen (secondary N) is 1. The zero-order chi connectivity index (χ0) is 15.4. The van der Waals surface area contributed by atoms with Gasteiger partial charge in [-0.15, -0.1) is 0 Å². The average molecular weight is 376 g/mol. The summed E-state index contributed by atoms with van der Waals surface area (Å²) in [6.45, 7) is 0.582. The largest absolute Gasteiger partial charge is 0.481 e. The van der Waals surface area contributed by atoms with Gasteiger partial charge < -0.3 is 15.3 Å². The van der Waals surface area contributed by atoms with Crippen molar-refractivity contribution in [2.45, 2.75) is 31.7 Å². The molecule has 1 heterocycles. The molecule has 0 aliphatic carbocycles. The number of benzene rings is 1. The van der Waals surface area contributed by atoms with Gasteiger partial charge in [-0.05, 0) is 53.4 Å². The number of carboxylic acid groups (broad SMARTS) is 1. The minimum absolute atomic E-state index is 0.0161. The van der Waals surface area contributed by atoms with Gasteiger partial charge in [0.05, 0.1) is 11.4 Å². The van der Waals surface area contributed by atoms with E-state index in [-0.39, 0.29) is 18.5 Å². The predicted molar refractivity (Wildman–Crippen MR) is 84.8 cm³/mol. The van der Waals surface area contributed by atoms with Crippen molar-refractivity contribution in [1.82, 2.24) is 4.90 Å². The number of amides is 2. The molecule has 1 aliphatic rings. The van der Waals surface area contributed by atoms with E-state index in [1.165, 1.54) is 0 Å². The van der Waals surface area contributed by atoms with Crippen LogP contribution in [0.2, 0.25) is 5.02 Å². The number of rotatable bonds is 3. The van der Waals surface area contributed by atoms with Crippen molar-refractivity contribution in [3.8, 4) is 0 Å². The second-order valence-electron chi connectivity index (χ2n) is 5.00. The maximum absolute atomic E-state index is 12.3. The van der Waals surface area contributed by atoms with Crippen LogP contribution in [0.25, 0.3) is 0 Å². The Balaban J connectivity index is 2.06. The fourth-order valence-electron chi connectivity index (χ4n) is 2.45. The van der Waals surface area contributed by atoms with Gasteiger partial charge in [0.25, 0.3) is 0 Å². The third kappa shape index (κ3) is 4.35. The molecule has 2 amide bonds. The number of carbonyl (C=O) groups is 2. The van der Waals surface area contributed by atoms with E-state index in [4.69, 9.17) is 16.7 Å². The molecule has 114 valence electrons. The highest BCUT2D eigenvalue weighted by molar-refractivity contribution is 9.10. The molecule has 0 spiro atoms. The highest BCUT2D eigenvalue weighted by Gasteiger charge is 2.28. The second-order valence-corrected chi connectivity index (χ2v) is 6.26. The monoisotopic (exact) mass is 374 g/mol. The first kappa shape index (κ1) is 16.1. The molecular formula is C14H16BrClN2O3. The van der Waals surface area contributed by atoms with E-state index in [0.717, 1.165) is 19.3 Å². The Morgan fingerprint density at radius 1 is 1.43 bits per heavy atom. The van der Waals surface area contributed by atoms with Gasteiger partial charge in [-0.25, -0.2) is 4.79 Å². The highest BCUT2D eigenvalue weighted by Crippen LogP contribution is 2.26. The first-order valence-corrected chi connectivity index (χ1v) is 7.89. The van der Waals surface area contributed by atoms with Gasteiger partial charge in [0.15, 0.2) is 0 Å². The van der Waals surface area contributed by atoms with Gasteiger partial charge >= 0.3 is 12.0 Å². The summed E-state index contributed by atoms with van der Waals surface area (Å²) in [6.07, 6.45) is 2.56. The van der Waals surface area contributed by atoms with Crippen LogP contribution in [0.5, 0.6) is 0 Å². The van der Waals surface area contributed by atoms with Crippen molar-refractivity contribution in [2.75, 3.05) is 11.9 Å². The molecule has 2 rings (SSSR count). The first-order chi connectivity index (χ1) is 9.97. The lowest BCUT2D eigenvalue weighted by Gasteiger charge is -2.34. The van der Waals surface area contributed by atoms with Crippen LogP contribution in [0.3, 0.4) is 0 Å². The molecule has 0 saturated carbocycles. The number of aliphatic carboxylic acids is 1. The number of nitrogens with zero attached hydrogens (tertiary/aromatic N) is 1. The third-order valence-corrected chi connectivity index (χ3v) is 4.68. The lowest BCUT2D eigenvalue weighted by molar-refractivity contribution is -0.138. The van der Waals surface area contributed by atoms with Crippen LogP contribution in [-0.2, 0) is 4.79 Å². The van der Waals surface area contributed by atoms with Crippen molar-refractivity contribution in [1.29, 1.82) is 0 Å². The van der Waals surface area contributed by atoms with E-state index in [1.807, 2.05) is 0 Å². The molecule has 0 bridgehead atoms. The molecule has 21 heavy (non-hydrogen) atoms. The van der Waals surface area contributed by atoms with Gasteiger partial charge in [-0.1, -0.05) is 11.6 Å². The van der Waals surface area contributed by atoms with E-state index >= 15 is 0 Å². The Bertz CT molecular complexity index is 553. The summed E-state index contributed by atoms with van der Waals surface area (Å²) in [5.41, 5.74) is 0.621. The Morgan fingerprint density at radius 2 is 2.19 bits per heavy atom. The number of likely N-dealkylation sites (tertiary alicyclic amines) is 1. The number of hydrogen-bond donors (Lipinski definition) is 2. The van der Waals surface area contributed by atoms with Gasteiger partial charge in [0.1, 0.15) is 0 Å². The maximum atomic E-state index is 12.3. The van der Waals surface area contributed by atoms with E-state index in [1.54, 1.807) is 23.1 Å². The number of hydrogen-bond acceptors (Lipinski definition) is 2. The van der Waals surface area contributed by atoms with Gasteiger partial charge in [0, 0.05) is 22.7 Å². The van der Waals surface area contributed by atoms with Crippen molar-refractivity contribution in [2.24, 2.45) is 0 Å². The van der Waals surface area contributed by atoms with Crippen LogP contribution in [0.4, 0.5) is 10.5 Å². The van der Waals surface area contributed by atoms with Gasteiger partial charge in [-0.2, -0.15) is 0 Å². The van der Waals surface area contributed by atoms with Crippen LogP contribution in [0.1, 0.15) is 25.7 Å². The van der Waals surface area contributed by atoms with Crippen LogP contribution in [0.15, 0.2) is 22.7 Å². The van der Waals surface area contributed by atoms with Crippen LogP contribution in [0, 0.1) is 0 Å². The number of carboxylic acids is 1. The Labute approximate surface area is 136 Å². The molecule has 1 aromatic carbocycles. The normalized spacial score (nSPS) is 18.4. The Hall–Kier alpha value is -1.27. The quantitative estimate of drug-likeness (QED) is 0.840. The number of carbonyl (C=O) groups excluding carboxylic acids is 1. The third-order valence-electron chi connectivity index (χ3n) is 3.47. The first-order valence-electron chi connectivity index (χ1n) is 6.72. The molecule has 1 fully saturated rings. The van der Waals surface area contributed by atoms with E-state index < -0.39 is 5.97 Å². The standard InChI is InChI=1S/C14H16BrClN2O3/c15-11-7-9(4-5-12(11)16)17-14(21)18-6-2-1-3-10(18)8-13(19)20/h4-5,7,10H,1-3,6,8H2,(H,17,21)(H,19,20). The van der Waals surface area contributed by atoms with Crippen molar-refractivity contribution < 1.29 is 14.7 Å². The minimum Gasteiger partial charge on any atom is -0.481 e. The van der Waals surface area contributed by atoms with Crippen LogP contribution in [-0.4, -0.2) is 34.6 Å². The maximum Gasteiger partial charge on any atom is 0.322 e. The van der Waals surface area contributed by atoms with Crippen molar-refractivity contribution in [3.05, 3.63) is 27.7 Å². The predicted octanol–water partition coefficient (Wildman–Crippen LogP) is 3.96. The molecule has 7 heteroatoms. The van der Waals surface area contributed by atoms with E-state index in [2.05, 4.69) is 21.2 Å². The summed E-state index contributed by atoms with van der Waals surface area (Å²) < 4.78 is 0.697. The van der Waals surface area contributed by atoms with Crippen LogP contribution < -0.4 is 5.32 Å². The van der Waals surface area contributed by atoms with Crippen LogP contribution >= 0.6 is 27.5 Å². The Morgan fingerprint density at radius 3 is 2.86 bits per heavy atom. The summed E-state index contributed by atoms with van der Waals surface area (Å²) in [5, 5.41) is 12.3. The summed E-state index contributed by atoms with van der Waals surface area (Å²) in [5.74, 6) is -0.881. The highest BCUT2D eigenvalue weighted by atomic mass is 79.9. The second kappa shape index (κ2) is 7.13. The Kier molecular flexibility index (Phi) is 5.47. The molecular weight excluding hydrogens is 360 g/mol. The molecule has 0 radical (unpaired) electrons. The topological polar surface area (TPSA) is 69.6 Å². The summed E-state index contributed by atoms with van der Waals surface area (Å²) in [6, 6.07) is 4.60. The number of halogens is 2. The lowest BCUT2D eigenvalue weighted by atomic mass is 10.00. The summed E-state index contributed by atoms with van der Waals surface area (Å²) in [4.78, 5) is 24.8. The molecule has 1 atom stereocenters. The summed E-state index contributed by atoms with van der Waals surface area (Å²) >= 11 is 9.21. The molecule has 1 aliphatic heterocycles. The molecule has 5 nitrogen and oxygen atoms in total. The smallest absolute Gasteiger partial charge is 0.322 e. The number of anilines is 1. The van der Waals surface area contributed by atoms with Gasteiger partial charge in [-0.3, -0.25) is 4.79 Å². The number of piperidine rings is 1. The molecule has 2 N–H and O–H groups in total. The van der Waals surface area contributed by atoms with Crippen molar-refractivity contribution >= 4 is 45.2 Å².